The van der Waals surface area contributed by atoms with E-state index in [1.807, 2.05) is 0 Å². The van der Waals surface area contributed by atoms with Crippen molar-refractivity contribution in [2.75, 3.05) is 0 Å². The van der Waals surface area contributed by atoms with Crippen molar-refractivity contribution in [2.24, 2.45) is 0 Å². The quantitative estimate of drug-likeness (QED) is 0.670. The largest absolute Gasteiger partial charge is 0.507 e. The van der Waals surface area contributed by atoms with E-state index in [0.717, 1.165) is 12.5 Å². The number of pyridine rings is 1. The molecule has 1 aromatic rings. The molecule has 0 spiro atoms. The number of hydrogen-bond donors (Lipinski definition) is 2. The molecule has 5 nitrogen and oxygen atoms in total. The predicted molar refractivity (Wildman–Crippen MR) is 47.6 cm³/mol. The number of carboxylic acids is 1. The summed E-state index contributed by atoms with van der Waals surface area (Å²) in [5.41, 5.74) is -0.0374. The van der Waals surface area contributed by atoms with E-state index < -0.39 is 11.7 Å². The monoisotopic (exact) mass is 195 g/mol. The molecule has 0 aliphatic carbocycles. The van der Waals surface area contributed by atoms with Crippen LogP contribution in [0.15, 0.2) is 10.9 Å². The van der Waals surface area contributed by atoms with Crippen molar-refractivity contribution in [3.8, 4) is 5.75 Å². The maximum absolute atomic E-state index is 11.3. The van der Waals surface area contributed by atoms with E-state index in [-0.39, 0.29) is 11.1 Å². The molecule has 1 aliphatic heterocycles. The van der Waals surface area contributed by atoms with E-state index in [2.05, 4.69) is 0 Å². The van der Waals surface area contributed by atoms with Gasteiger partial charge in [0.1, 0.15) is 11.3 Å². The molecule has 0 atom stereocenters. The van der Waals surface area contributed by atoms with Crippen LogP contribution in [-0.4, -0.2) is 20.7 Å². The molecule has 0 bridgehead atoms. The van der Waals surface area contributed by atoms with E-state index in [1.54, 1.807) is 0 Å². The SMILES string of the molecule is O=C(O)c1c(O)cc(=O)n2c1CCC2. The first-order valence-corrected chi connectivity index (χ1v) is 4.30. The summed E-state index contributed by atoms with van der Waals surface area (Å²) in [6, 6.07) is 0.957. The van der Waals surface area contributed by atoms with Crippen molar-refractivity contribution in [1.82, 2.24) is 4.57 Å². The average molecular weight is 195 g/mol. The second-order valence-corrected chi connectivity index (χ2v) is 3.25. The molecule has 0 fully saturated rings. The maximum atomic E-state index is 11.3. The number of nitrogens with zero attached hydrogens (tertiary/aromatic N) is 1. The van der Waals surface area contributed by atoms with Gasteiger partial charge in [0.2, 0.25) is 0 Å². The Bertz CT molecular complexity index is 461. The first-order chi connectivity index (χ1) is 6.61. The van der Waals surface area contributed by atoms with Crippen LogP contribution in [0.3, 0.4) is 0 Å². The molecule has 2 N–H and O–H groups in total. The van der Waals surface area contributed by atoms with Gasteiger partial charge in [0.15, 0.2) is 0 Å². The van der Waals surface area contributed by atoms with Gasteiger partial charge in [0.25, 0.3) is 5.56 Å². The zero-order valence-electron chi connectivity index (χ0n) is 7.36. The number of fused-ring (bicyclic) bond motifs is 1. The molecule has 74 valence electrons. The Morgan fingerprint density at radius 3 is 2.86 bits per heavy atom. The van der Waals surface area contributed by atoms with Crippen molar-refractivity contribution in [2.45, 2.75) is 19.4 Å². The topological polar surface area (TPSA) is 79.5 Å². The summed E-state index contributed by atoms with van der Waals surface area (Å²) >= 11 is 0. The lowest BCUT2D eigenvalue weighted by Gasteiger charge is -2.07. The number of aromatic carboxylic acids is 1. The van der Waals surface area contributed by atoms with Crippen LogP contribution in [0.5, 0.6) is 5.75 Å². The lowest BCUT2D eigenvalue weighted by atomic mass is 10.1. The number of aromatic nitrogens is 1. The predicted octanol–water partition coefficient (Wildman–Crippen LogP) is 0.198. The number of rotatable bonds is 1. The first-order valence-electron chi connectivity index (χ1n) is 4.30. The zero-order valence-corrected chi connectivity index (χ0v) is 7.36. The third-order valence-electron chi connectivity index (χ3n) is 2.41. The van der Waals surface area contributed by atoms with Crippen LogP contribution in [0.25, 0.3) is 0 Å². The van der Waals surface area contributed by atoms with Gasteiger partial charge in [-0.15, -0.1) is 0 Å². The van der Waals surface area contributed by atoms with E-state index in [1.165, 1.54) is 4.57 Å². The van der Waals surface area contributed by atoms with Gasteiger partial charge in [0.05, 0.1) is 0 Å². The van der Waals surface area contributed by atoms with Crippen LogP contribution in [-0.2, 0) is 13.0 Å². The molecule has 1 aliphatic rings. The number of hydrogen-bond acceptors (Lipinski definition) is 3. The smallest absolute Gasteiger partial charge is 0.341 e. The Hall–Kier alpha value is -1.78. The van der Waals surface area contributed by atoms with Crippen molar-refractivity contribution in [1.29, 1.82) is 0 Å². The van der Waals surface area contributed by atoms with Gasteiger partial charge >= 0.3 is 5.97 Å². The zero-order chi connectivity index (χ0) is 10.3. The first kappa shape index (κ1) is 8.80. The van der Waals surface area contributed by atoms with Crippen molar-refractivity contribution in [3.63, 3.8) is 0 Å². The molecular formula is C9H9NO4. The van der Waals surface area contributed by atoms with Crippen LogP contribution < -0.4 is 5.56 Å². The second-order valence-electron chi connectivity index (χ2n) is 3.25. The van der Waals surface area contributed by atoms with E-state index in [0.29, 0.717) is 18.7 Å². The van der Waals surface area contributed by atoms with Crippen LogP contribution in [0.2, 0.25) is 0 Å². The van der Waals surface area contributed by atoms with Crippen LogP contribution in [0, 0.1) is 0 Å². The molecule has 1 aromatic heterocycles. The minimum atomic E-state index is -1.19. The molecule has 5 heteroatoms. The Labute approximate surface area is 79.2 Å². The molecule has 0 radical (unpaired) electrons. The molecule has 2 heterocycles. The maximum Gasteiger partial charge on any atom is 0.341 e. The van der Waals surface area contributed by atoms with Crippen molar-refractivity contribution < 1.29 is 15.0 Å². The Morgan fingerprint density at radius 1 is 1.50 bits per heavy atom. The van der Waals surface area contributed by atoms with Gasteiger partial charge in [-0.3, -0.25) is 4.79 Å². The second kappa shape index (κ2) is 2.87. The number of carbonyl (C=O) groups is 1. The molecule has 0 unspecified atom stereocenters. The normalized spacial score (nSPS) is 14.0. The summed E-state index contributed by atoms with van der Waals surface area (Å²) in [6.07, 6.45) is 1.28. The summed E-state index contributed by atoms with van der Waals surface area (Å²) in [5.74, 6) is -1.62. The van der Waals surface area contributed by atoms with Crippen molar-refractivity contribution in [3.05, 3.63) is 27.7 Å². The van der Waals surface area contributed by atoms with Crippen LogP contribution in [0.1, 0.15) is 22.5 Å². The number of carboxylic acid groups (broad SMARTS) is 1. The third kappa shape index (κ3) is 1.09. The van der Waals surface area contributed by atoms with Gasteiger partial charge in [-0.2, -0.15) is 0 Å². The molecule has 0 aromatic carbocycles. The fourth-order valence-corrected chi connectivity index (χ4v) is 1.83. The Morgan fingerprint density at radius 2 is 2.21 bits per heavy atom. The Balaban J connectivity index is 2.78. The highest BCUT2D eigenvalue weighted by atomic mass is 16.4. The standard InChI is InChI=1S/C9H9NO4/c11-6-4-7(12)10-3-1-2-5(10)8(6)9(13)14/h4,11H,1-3H2,(H,13,14). The molecule has 14 heavy (non-hydrogen) atoms. The van der Waals surface area contributed by atoms with E-state index in [4.69, 9.17) is 5.11 Å². The highest BCUT2D eigenvalue weighted by Crippen LogP contribution is 2.23. The molecule has 0 amide bonds. The Kier molecular flexibility index (Phi) is 1.80. The van der Waals surface area contributed by atoms with Gasteiger partial charge in [0, 0.05) is 18.3 Å². The van der Waals surface area contributed by atoms with Gasteiger partial charge in [-0.25, -0.2) is 4.79 Å². The van der Waals surface area contributed by atoms with Crippen molar-refractivity contribution >= 4 is 5.97 Å². The third-order valence-corrected chi connectivity index (χ3v) is 2.41. The molecule has 0 saturated heterocycles. The lowest BCUT2D eigenvalue weighted by molar-refractivity contribution is 0.0691. The van der Waals surface area contributed by atoms with Crippen LogP contribution in [0.4, 0.5) is 0 Å². The summed E-state index contributed by atoms with van der Waals surface area (Å²) in [5, 5.41) is 18.2. The van der Waals surface area contributed by atoms with Gasteiger partial charge in [-0.05, 0) is 12.8 Å². The summed E-state index contributed by atoms with van der Waals surface area (Å²) in [4.78, 5) is 22.1. The lowest BCUT2D eigenvalue weighted by Crippen LogP contribution is -2.21. The van der Waals surface area contributed by atoms with E-state index >= 15 is 0 Å². The minimum absolute atomic E-state index is 0.137. The fourth-order valence-electron chi connectivity index (χ4n) is 1.83. The summed E-state index contributed by atoms with van der Waals surface area (Å²) in [6.45, 7) is 0.536. The average Bonchev–Trinajstić information content (AvgIpc) is 2.51. The number of aromatic hydroxyl groups is 1. The molecule has 2 rings (SSSR count). The fraction of sp³-hybridized carbons (Fsp3) is 0.333. The molecular weight excluding hydrogens is 186 g/mol. The summed E-state index contributed by atoms with van der Waals surface area (Å²) in [7, 11) is 0. The van der Waals surface area contributed by atoms with Gasteiger partial charge in [-0.1, -0.05) is 0 Å². The minimum Gasteiger partial charge on any atom is -0.507 e. The van der Waals surface area contributed by atoms with E-state index in [9.17, 15) is 14.7 Å². The van der Waals surface area contributed by atoms with Crippen LogP contribution >= 0.6 is 0 Å². The highest BCUT2D eigenvalue weighted by molar-refractivity contribution is 5.92. The summed E-state index contributed by atoms with van der Waals surface area (Å²) < 4.78 is 1.41. The van der Waals surface area contributed by atoms with Gasteiger partial charge < -0.3 is 14.8 Å². The molecule has 0 saturated carbocycles. The highest BCUT2D eigenvalue weighted by Gasteiger charge is 2.23.